The second-order valence-corrected chi connectivity index (χ2v) is 25.9. The third kappa shape index (κ3) is 7.04. The van der Waals surface area contributed by atoms with Gasteiger partial charge in [-0.1, -0.05) is 168 Å². The molecule has 0 N–H and O–H groups in total. The van der Waals surface area contributed by atoms with Gasteiger partial charge in [0.1, 0.15) is 17.3 Å². The largest absolute Gasteiger partial charge is 0.458 e. The summed E-state index contributed by atoms with van der Waals surface area (Å²) < 4.78 is 14.0. The molecule has 6 nitrogen and oxygen atoms in total. The monoisotopic (exact) mass is 984 g/mol. The summed E-state index contributed by atoms with van der Waals surface area (Å²) in [5, 5.41) is 2.33. The number of aryl methyl sites for hydroxylation is 2. The van der Waals surface area contributed by atoms with Crippen molar-refractivity contribution in [1.29, 1.82) is 0 Å². The molecule has 2 aliphatic heterocycles. The lowest BCUT2D eigenvalue weighted by Crippen LogP contribution is -2.38. The van der Waals surface area contributed by atoms with Crippen molar-refractivity contribution in [3.63, 3.8) is 0 Å². The number of para-hydroxylation sites is 3. The molecule has 0 saturated heterocycles. The minimum absolute atomic E-state index is 0.0640. The molecule has 1 aliphatic carbocycles. The van der Waals surface area contributed by atoms with E-state index in [9.17, 15) is 0 Å². The molecule has 10 aromatic rings. The van der Waals surface area contributed by atoms with Gasteiger partial charge >= 0.3 is 0 Å². The van der Waals surface area contributed by atoms with E-state index < -0.39 is 5.41 Å². The Morgan fingerprint density at radius 2 is 1.21 bits per heavy atom. The zero-order valence-electron chi connectivity index (χ0n) is 46.1. The molecule has 6 heteroatoms. The second kappa shape index (κ2) is 16.0. The molecule has 0 amide bonds. The number of hydrogen-bond donors (Lipinski definition) is 0. The molecule has 0 radical (unpaired) electrons. The molecule has 0 atom stereocenters. The zero-order chi connectivity index (χ0) is 52.3. The highest BCUT2D eigenvalue weighted by Crippen LogP contribution is 2.65. The van der Waals surface area contributed by atoms with Crippen LogP contribution in [0.15, 0.2) is 146 Å². The Bertz CT molecular complexity index is 3940. The molecule has 0 saturated carbocycles. The first kappa shape index (κ1) is 47.3. The van der Waals surface area contributed by atoms with Gasteiger partial charge in [0.05, 0.1) is 40.2 Å². The van der Waals surface area contributed by atoms with Gasteiger partial charge in [0.2, 0.25) is 6.33 Å². The predicted octanol–water partition coefficient (Wildman–Crippen LogP) is 16.5. The summed E-state index contributed by atoms with van der Waals surface area (Å²) in [4.78, 5) is 7.51. The van der Waals surface area contributed by atoms with Gasteiger partial charge in [-0.05, 0) is 138 Å². The van der Waals surface area contributed by atoms with E-state index in [1.54, 1.807) is 0 Å². The average Bonchev–Trinajstić information content (AvgIpc) is 4.03. The van der Waals surface area contributed by atoms with Crippen molar-refractivity contribution in [2.24, 2.45) is 7.05 Å². The Labute approximate surface area is 443 Å². The van der Waals surface area contributed by atoms with E-state index >= 15 is 0 Å². The molecular weight excluding hydrogens is 915 g/mol. The quantitative estimate of drug-likeness (QED) is 0.130. The Kier molecular flexibility index (Phi) is 10.1. The lowest BCUT2D eigenvalue weighted by molar-refractivity contribution is -0.649. The van der Waals surface area contributed by atoms with Crippen molar-refractivity contribution >= 4 is 44.2 Å². The summed E-state index contributed by atoms with van der Waals surface area (Å²) in [5.74, 6) is 2.41. The van der Waals surface area contributed by atoms with Crippen LogP contribution < -0.4 is 14.2 Å². The van der Waals surface area contributed by atoms with Crippen LogP contribution in [0.25, 0.3) is 55.5 Å². The number of fused-ring (bicyclic) bond motifs is 13. The normalized spacial score (nSPS) is 14.9. The van der Waals surface area contributed by atoms with Crippen LogP contribution in [0.1, 0.15) is 140 Å². The fraction of sp³-hybridized carbons (Fsp3) is 0.304. The van der Waals surface area contributed by atoms with Crippen LogP contribution >= 0.6 is 0 Å². The number of rotatable bonds is 4. The van der Waals surface area contributed by atoms with Gasteiger partial charge in [0, 0.05) is 47.0 Å². The van der Waals surface area contributed by atoms with Crippen molar-refractivity contribution in [2.45, 2.75) is 123 Å². The molecule has 7 aromatic carbocycles. The van der Waals surface area contributed by atoms with Gasteiger partial charge in [-0.3, -0.25) is 4.57 Å². The highest BCUT2D eigenvalue weighted by Gasteiger charge is 2.54. The first-order valence-corrected chi connectivity index (χ1v) is 27.1. The third-order valence-corrected chi connectivity index (χ3v) is 16.8. The maximum atomic E-state index is 7.16. The smallest absolute Gasteiger partial charge is 0.244 e. The number of ether oxygens (including phenoxy) is 1. The summed E-state index contributed by atoms with van der Waals surface area (Å²) in [7, 11) is 2.13. The molecule has 3 aliphatic rings. The van der Waals surface area contributed by atoms with Crippen LogP contribution in [-0.2, 0) is 40.5 Å². The van der Waals surface area contributed by atoms with Crippen LogP contribution in [-0.4, -0.2) is 20.7 Å². The van der Waals surface area contributed by atoms with Crippen molar-refractivity contribution in [3.05, 3.63) is 202 Å². The molecular formula is C69H69N5O. The number of nitrogens with zero attached hydrogens (tertiary/aromatic N) is 5. The topological polar surface area (TPSA) is 39.1 Å². The van der Waals surface area contributed by atoms with E-state index in [-0.39, 0.29) is 21.7 Å². The van der Waals surface area contributed by atoms with E-state index in [0.29, 0.717) is 0 Å². The Morgan fingerprint density at radius 1 is 0.573 bits per heavy atom. The fourth-order valence-corrected chi connectivity index (χ4v) is 13.1. The summed E-state index contributed by atoms with van der Waals surface area (Å²) in [6.45, 7) is 29.6. The van der Waals surface area contributed by atoms with Crippen LogP contribution in [0.4, 0.5) is 11.4 Å². The summed E-state index contributed by atoms with van der Waals surface area (Å²) in [5.41, 5.74) is 21.7. The van der Waals surface area contributed by atoms with Gasteiger partial charge in [0.25, 0.3) is 0 Å². The molecule has 0 unspecified atom stereocenters. The first-order chi connectivity index (χ1) is 35.6. The lowest BCUT2D eigenvalue weighted by atomic mass is 9.60. The SMILES string of the molecule is C[n+]1[c-]n2c3c(cccc31)C1(c3ccc(Oc4ccc5c6ccccc6n(-c6cc(N7CCCc8ccccc87)ccn6)c5c4)cc3-2)c2c(cc(C(C)(C)C)cc2C(C)(C)C)-c2cc(C(C)(C)C)cc(C(C)(C)C)c21. The predicted molar refractivity (Wildman–Crippen MR) is 309 cm³/mol. The highest BCUT2D eigenvalue weighted by atomic mass is 16.5. The highest BCUT2D eigenvalue weighted by molar-refractivity contribution is 6.09. The number of hydrogen-bond acceptors (Lipinski definition) is 3. The minimum atomic E-state index is -0.664. The number of benzene rings is 7. The summed E-state index contributed by atoms with van der Waals surface area (Å²) in [6, 6.07) is 52.5. The average molecular weight is 984 g/mol. The van der Waals surface area contributed by atoms with Gasteiger partial charge < -0.3 is 18.8 Å². The van der Waals surface area contributed by atoms with E-state index in [1.165, 1.54) is 77.8 Å². The Balaban J connectivity index is 1.04. The Hall–Kier alpha value is -7.44. The van der Waals surface area contributed by atoms with Crippen molar-refractivity contribution in [2.75, 3.05) is 11.4 Å². The standard InChI is InChI=1S/C69H69N5O/c1-65(2,3)43-34-50-51-35-44(66(4,5)6)37-55(68(10,11)12)63(51)69(62(50)54(36-43)67(7,8)9)52-30-28-47(40-60(52)73-41-71(13)58-26-18-23-53(69)64(58)73)75-46-27-29-49-48-22-15-17-25-57(48)74(59(49)39-46)61-38-45(31-32-70-61)72-33-19-21-42-20-14-16-24-56(42)72/h14-18,20,22-32,34-40H,19,21,33H2,1-13H3. The second-order valence-electron chi connectivity index (χ2n) is 25.9. The van der Waals surface area contributed by atoms with Crippen LogP contribution in [0, 0.1) is 6.33 Å². The molecule has 376 valence electrons. The van der Waals surface area contributed by atoms with E-state index in [4.69, 9.17) is 9.72 Å². The molecule has 0 fully saturated rings. The number of pyridine rings is 1. The molecule has 75 heavy (non-hydrogen) atoms. The summed E-state index contributed by atoms with van der Waals surface area (Å²) >= 11 is 0. The minimum Gasteiger partial charge on any atom is -0.458 e. The maximum Gasteiger partial charge on any atom is 0.244 e. The third-order valence-electron chi connectivity index (χ3n) is 16.8. The molecule has 13 rings (SSSR count). The number of aromatic nitrogens is 4. The zero-order valence-corrected chi connectivity index (χ0v) is 46.1. The van der Waals surface area contributed by atoms with Crippen molar-refractivity contribution in [1.82, 2.24) is 14.1 Å². The molecule has 0 bridgehead atoms. The van der Waals surface area contributed by atoms with Gasteiger partial charge in [-0.15, -0.1) is 0 Å². The first-order valence-electron chi connectivity index (χ1n) is 27.1. The number of anilines is 2. The Morgan fingerprint density at radius 3 is 1.91 bits per heavy atom. The van der Waals surface area contributed by atoms with Crippen LogP contribution in [0.2, 0.25) is 0 Å². The van der Waals surface area contributed by atoms with Crippen LogP contribution in [0.5, 0.6) is 11.5 Å². The number of imidazole rings is 1. The molecule has 3 aromatic heterocycles. The summed E-state index contributed by atoms with van der Waals surface area (Å²) in [6.07, 6.45) is 7.97. The van der Waals surface area contributed by atoms with E-state index in [0.717, 1.165) is 70.0 Å². The van der Waals surface area contributed by atoms with Gasteiger partial charge in [-0.2, -0.15) is 0 Å². The maximum absolute atomic E-state index is 7.16. The lowest BCUT2D eigenvalue weighted by Gasteiger charge is -2.45. The van der Waals surface area contributed by atoms with Crippen molar-refractivity contribution in [3.8, 4) is 34.1 Å². The van der Waals surface area contributed by atoms with E-state index in [1.807, 2.05) is 6.20 Å². The van der Waals surface area contributed by atoms with Crippen molar-refractivity contribution < 1.29 is 9.30 Å². The fourth-order valence-electron chi connectivity index (χ4n) is 13.1. The molecule has 5 heterocycles. The molecule has 1 spiro atoms. The van der Waals surface area contributed by atoms with Gasteiger partial charge in [-0.25, -0.2) is 4.98 Å². The van der Waals surface area contributed by atoms with E-state index in [2.05, 4.69) is 255 Å². The van der Waals surface area contributed by atoms with Gasteiger partial charge in [0.15, 0.2) is 0 Å². The van der Waals surface area contributed by atoms with Crippen LogP contribution in [0.3, 0.4) is 0 Å².